The summed E-state index contributed by atoms with van der Waals surface area (Å²) < 4.78 is 6.55. The highest BCUT2D eigenvalue weighted by Crippen LogP contribution is 2.31. The SMILES string of the molecule is CC1OCCC1(C)Nc1cc(Br)ccc1C#N. The monoisotopic (exact) mass is 294 g/mol. The number of hydrogen-bond donors (Lipinski definition) is 1. The molecule has 1 aromatic carbocycles. The molecule has 1 aliphatic rings. The molecular weight excluding hydrogens is 280 g/mol. The second-order valence-corrected chi connectivity index (χ2v) is 5.52. The van der Waals surface area contributed by atoms with Gasteiger partial charge in [0.1, 0.15) is 6.07 Å². The van der Waals surface area contributed by atoms with Gasteiger partial charge >= 0.3 is 0 Å². The molecule has 4 heteroatoms. The molecule has 0 aromatic heterocycles. The van der Waals surface area contributed by atoms with Gasteiger partial charge in [-0.15, -0.1) is 0 Å². The van der Waals surface area contributed by atoms with Crippen LogP contribution in [0.3, 0.4) is 0 Å². The number of nitrogens with one attached hydrogen (secondary N) is 1. The lowest BCUT2D eigenvalue weighted by Gasteiger charge is -2.30. The molecule has 1 saturated heterocycles. The van der Waals surface area contributed by atoms with E-state index in [1.165, 1.54) is 0 Å². The van der Waals surface area contributed by atoms with E-state index in [1.807, 2.05) is 18.2 Å². The fraction of sp³-hybridized carbons (Fsp3) is 0.462. The van der Waals surface area contributed by atoms with Crippen LogP contribution in [-0.2, 0) is 4.74 Å². The van der Waals surface area contributed by atoms with Crippen LogP contribution in [0.2, 0.25) is 0 Å². The third kappa shape index (κ3) is 2.46. The number of benzene rings is 1. The zero-order valence-corrected chi connectivity index (χ0v) is 11.5. The Morgan fingerprint density at radius 2 is 2.35 bits per heavy atom. The summed E-state index contributed by atoms with van der Waals surface area (Å²) in [5.74, 6) is 0. The third-order valence-electron chi connectivity index (χ3n) is 3.41. The molecule has 0 amide bonds. The Bertz CT molecular complexity index is 469. The first-order chi connectivity index (χ1) is 8.05. The summed E-state index contributed by atoms with van der Waals surface area (Å²) >= 11 is 3.43. The number of ether oxygens (including phenoxy) is 1. The molecule has 0 bridgehead atoms. The predicted octanol–water partition coefficient (Wildman–Crippen LogP) is 3.30. The summed E-state index contributed by atoms with van der Waals surface area (Å²) in [4.78, 5) is 0. The molecule has 90 valence electrons. The topological polar surface area (TPSA) is 45.0 Å². The molecule has 2 unspecified atom stereocenters. The lowest BCUT2D eigenvalue weighted by Crippen LogP contribution is -2.41. The first kappa shape index (κ1) is 12.4. The van der Waals surface area contributed by atoms with Crippen LogP contribution in [0.15, 0.2) is 22.7 Å². The molecule has 3 nitrogen and oxygen atoms in total. The van der Waals surface area contributed by atoms with Gasteiger partial charge in [-0.25, -0.2) is 0 Å². The summed E-state index contributed by atoms with van der Waals surface area (Å²) in [6.07, 6.45) is 1.10. The molecule has 0 aliphatic carbocycles. The van der Waals surface area contributed by atoms with E-state index in [9.17, 15) is 0 Å². The van der Waals surface area contributed by atoms with Crippen molar-refractivity contribution in [3.05, 3.63) is 28.2 Å². The van der Waals surface area contributed by atoms with Gasteiger partial charge in [0.25, 0.3) is 0 Å². The molecular formula is C13H15BrN2O. The Balaban J connectivity index is 2.30. The maximum Gasteiger partial charge on any atom is 0.101 e. The van der Waals surface area contributed by atoms with Crippen molar-refractivity contribution in [3.8, 4) is 6.07 Å². The number of rotatable bonds is 2. The van der Waals surface area contributed by atoms with Gasteiger partial charge in [-0.05, 0) is 38.5 Å². The van der Waals surface area contributed by atoms with E-state index in [-0.39, 0.29) is 11.6 Å². The summed E-state index contributed by atoms with van der Waals surface area (Å²) in [6.45, 7) is 4.96. The average Bonchev–Trinajstić information content (AvgIpc) is 2.59. The minimum Gasteiger partial charge on any atom is -0.376 e. The number of halogens is 1. The van der Waals surface area contributed by atoms with Gasteiger partial charge in [-0.1, -0.05) is 15.9 Å². The van der Waals surface area contributed by atoms with Gasteiger partial charge in [0.15, 0.2) is 0 Å². The zero-order valence-electron chi connectivity index (χ0n) is 9.96. The van der Waals surface area contributed by atoms with Crippen LogP contribution >= 0.6 is 15.9 Å². The quantitative estimate of drug-likeness (QED) is 0.910. The number of nitrogens with zero attached hydrogens (tertiary/aromatic N) is 1. The van der Waals surface area contributed by atoms with E-state index < -0.39 is 0 Å². The second-order valence-electron chi connectivity index (χ2n) is 4.61. The van der Waals surface area contributed by atoms with E-state index in [2.05, 4.69) is 41.2 Å². The van der Waals surface area contributed by atoms with Crippen LogP contribution in [0, 0.1) is 11.3 Å². The predicted molar refractivity (Wildman–Crippen MR) is 70.9 cm³/mol. The van der Waals surface area contributed by atoms with Crippen LogP contribution in [0.25, 0.3) is 0 Å². The van der Waals surface area contributed by atoms with Crippen molar-refractivity contribution in [2.45, 2.75) is 31.9 Å². The number of hydrogen-bond acceptors (Lipinski definition) is 3. The molecule has 1 N–H and O–H groups in total. The van der Waals surface area contributed by atoms with Gasteiger partial charge in [0.05, 0.1) is 22.9 Å². The lowest BCUT2D eigenvalue weighted by atomic mass is 9.94. The fourth-order valence-corrected chi connectivity index (χ4v) is 2.39. The van der Waals surface area contributed by atoms with E-state index >= 15 is 0 Å². The molecule has 1 fully saturated rings. The molecule has 1 aliphatic heterocycles. The second kappa shape index (κ2) is 4.67. The minimum absolute atomic E-state index is 0.105. The Morgan fingerprint density at radius 1 is 1.59 bits per heavy atom. The largest absolute Gasteiger partial charge is 0.376 e. The average molecular weight is 295 g/mol. The van der Waals surface area contributed by atoms with Gasteiger partial charge in [0, 0.05) is 11.1 Å². The molecule has 2 rings (SSSR count). The molecule has 2 atom stereocenters. The normalized spacial score (nSPS) is 27.8. The Kier molecular flexibility index (Phi) is 3.41. The highest BCUT2D eigenvalue weighted by molar-refractivity contribution is 9.10. The maximum absolute atomic E-state index is 9.10. The number of anilines is 1. The molecule has 17 heavy (non-hydrogen) atoms. The van der Waals surface area contributed by atoms with Crippen molar-refractivity contribution in [2.24, 2.45) is 0 Å². The lowest BCUT2D eigenvalue weighted by molar-refractivity contribution is 0.105. The Morgan fingerprint density at radius 3 is 2.94 bits per heavy atom. The highest BCUT2D eigenvalue weighted by Gasteiger charge is 2.37. The van der Waals surface area contributed by atoms with Gasteiger partial charge in [0.2, 0.25) is 0 Å². The first-order valence-corrected chi connectivity index (χ1v) is 6.44. The Hall–Kier alpha value is -1.05. The Labute approximate surface area is 110 Å². The van der Waals surface area contributed by atoms with Crippen LogP contribution in [0.5, 0.6) is 0 Å². The first-order valence-electron chi connectivity index (χ1n) is 5.64. The smallest absolute Gasteiger partial charge is 0.101 e. The molecule has 0 spiro atoms. The van der Waals surface area contributed by atoms with Gasteiger partial charge in [-0.2, -0.15) is 5.26 Å². The van der Waals surface area contributed by atoms with E-state index in [4.69, 9.17) is 10.00 Å². The molecule has 1 heterocycles. The van der Waals surface area contributed by atoms with Crippen molar-refractivity contribution < 1.29 is 4.74 Å². The fourth-order valence-electron chi connectivity index (χ4n) is 2.02. The van der Waals surface area contributed by atoms with E-state index in [0.717, 1.165) is 23.2 Å². The van der Waals surface area contributed by atoms with Crippen molar-refractivity contribution in [3.63, 3.8) is 0 Å². The van der Waals surface area contributed by atoms with Crippen LogP contribution in [-0.4, -0.2) is 18.2 Å². The van der Waals surface area contributed by atoms with Crippen molar-refractivity contribution in [1.82, 2.24) is 0 Å². The highest BCUT2D eigenvalue weighted by atomic mass is 79.9. The maximum atomic E-state index is 9.10. The summed E-state index contributed by atoms with van der Waals surface area (Å²) in [6, 6.07) is 7.84. The van der Waals surface area contributed by atoms with E-state index in [1.54, 1.807) is 0 Å². The zero-order chi connectivity index (χ0) is 12.5. The van der Waals surface area contributed by atoms with Crippen LogP contribution < -0.4 is 5.32 Å². The van der Waals surface area contributed by atoms with Crippen LogP contribution in [0.4, 0.5) is 5.69 Å². The van der Waals surface area contributed by atoms with E-state index in [0.29, 0.717) is 5.56 Å². The molecule has 1 aromatic rings. The number of nitriles is 1. The van der Waals surface area contributed by atoms with Gasteiger partial charge < -0.3 is 10.1 Å². The minimum atomic E-state index is -0.105. The van der Waals surface area contributed by atoms with Crippen LogP contribution in [0.1, 0.15) is 25.8 Å². The third-order valence-corrected chi connectivity index (χ3v) is 3.90. The van der Waals surface area contributed by atoms with Crippen molar-refractivity contribution >= 4 is 21.6 Å². The van der Waals surface area contributed by atoms with Crippen molar-refractivity contribution in [1.29, 1.82) is 5.26 Å². The van der Waals surface area contributed by atoms with Crippen molar-refractivity contribution in [2.75, 3.05) is 11.9 Å². The van der Waals surface area contributed by atoms with Gasteiger partial charge in [-0.3, -0.25) is 0 Å². The molecule has 0 radical (unpaired) electrons. The summed E-state index contributed by atoms with van der Waals surface area (Å²) in [7, 11) is 0. The molecule has 0 saturated carbocycles. The summed E-state index contributed by atoms with van der Waals surface area (Å²) in [5.41, 5.74) is 1.42. The standard InChI is InChI=1S/C13H15BrN2O/c1-9-13(2,5-6-17-9)16-12-7-11(14)4-3-10(12)8-15/h3-4,7,9,16H,5-6H2,1-2H3. The summed E-state index contributed by atoms with van der Waals surface area (Å²) in [5, 5.41) is 12.5.